The van der Waals surface area contributed by atoms with Crippen molar-refractivity contribution in [1.29, 1.82) is 0 Å². The summed E-state index contributed by atoms with van der Waals surface area (Å²) in [5, 5.41) is 3.56. The van der Waals surface area contributed by atoms with E-state index in [-0.39, 0.29) is 0 Å². The van der Waals surface area contributed by atoms with Crippen molar-refractivity contribution in [2.45, 2.75) is 58.3 Å². The minimum Gasteiger partial charge on any atom is -0.316 e. The monoisotopic (exact) mass is 195 g/mol. The summed E-state index contributed by atoms with van der Waals surface area (Å²) >= 11 is 0. The molecule has 14 heavy (non-hydrogen) atoms. The van der Waals surface area contributed by atoms with E-state index in [1.807, 2.05) is 0 Å². The summed E-state index contributed by atoms with van der Waals surface area (Å²) in [5.74, 6) is 1.08. The van der Waals surface area contributed by atoms with Crippen molar-refractivity contribution < 1.29 is 0 Å². The van der Waals surface area contributed by atoms with Crippen LogP contribution in [0.15, 0.2) is 0 Å². The van der Waals surface area contributed by atoms with E-state index >= 15 is 0 Å². The largest absolute Gasteiger partial charge is 0.316 e. The van der Waals surface area contributed by atoms with Gasteiger partial charge in [0, 0.05) is 6.54 Å². The Morgan fingerprint density at radius 3 is 2.36 bits per heavy atom. The average molecular weight is 195 g/mol. The lowest BCUT2D eigenvalue weighted by Gasteiger charge is -2.44. The van der Waals surface area contributed by atoms with E-state index in [1.54, 1.807) is 0 Å². The maximum Gasteiger partial charge on any atom is 0.000779 e. The molecule has 0 unspecified atom stereocenters. The lowest BCUT2D eigenvalue weighted by atomic mass is 9.64. The van der Waals surface area contributed by atoms with Crippen LogP contribution in [0.25, 0.3) is 0 Å². The first kappa shape index (κ1) is 10.5. The van der Waals surface area contributed by atoms with E-state index in [0.717, 1.165) is 17.9 Å². The Labute approximate surface area is 88.7 Å². The van der Waals surface area contributed by atoms with Crippen molar-refractivity contribution in [2.24, 2.45) is 11.3 Å². The number of hydrogen-bond acceptors (Lipinski definition) is 1. The summed E-state index contributed by atoms with van der Waals surface area (Å²) < 4.78 is 0. The first-order chi connectivity index (χ1) is 6.85. The van der Waals surface area contributed by atoms with Crippen LogP contribution >= 0.6 is 0 Å². The topological polar surface area (TPSA) is 12.0 Å². The predicted octanol–water partition coefficient (Wildman–Crippen LogP) is 3.35. The van der Waals surface area contributed by atoms with Gasteiger partial charge < -0.3 is 5.32 Å². The molecule has 1 nitrogen and oxygen atoms in total. The Morgan fingerprint density at radius 1 is 1.14 bits per heavy atom. The van der Waals surface area contributed by atoms with E-state index in [0.29, 0.717) is 0 Å². The zero-order valence-corrected chi connectivity index (χ0v) is 9.65. The molecule has 2 aliphatic carbocycles. The van der Waals surface area contributed by atoms with Crippen molar-refractivity contribution in [3.8, 4) is 0 Å². The van der Waals surface area contributed by atoms with Gasteiger partial charge in [0.1, 0.15) is 0 Å². The molecule has 0 aliphatic heterocycles. The highest BCUT2D eigenvalue weighted by Crippen LogP contribution is 2.48. The molecule has 0 bridgehead atoms. The van der Waals surface area contributed by atoms with Gasteiger partial charge in [0.15, 0.2) is 0 Å². The number of hydrogen-bond donors (Lipinski definition) is 1. The zero-order valence-electron chi connectivity index (χ0n) is 9.65. The van der Waals surface area contributed by atoms with E-state index in [1.165, 1.54) is 57.9 Å². The van der Waals surface area contributed by atoms with Gasteiger partial charge in [0.2, 0.25) is 0 Å². The van der Waals surface area contributed by atoms with E-state index in [4.69, 9.17) is 0 Å². The molecule has 0 radical (unpaired) electrons. The fraction of sp³-hybridized carbons (Fsp3) is 1.00. The minimum absolute atomic E-state index is 0.727. The lowest BCUT2D eigenvalue weighted by molar-refractivity contribution is 0.0930. The Bertz CT molecular complexity index is 166. The van der Waals surface area contributed by atoms with Crippen molar-refractivity contribution in [3.63, 3.8) is 0 Å². The maximum absolute atomic E-state index is 3.56. The highest BCUT2D eigenvalue weighted by molar-refractivity contribution is 4.92. The van der Waals surface area contributed by atoms with E-state index < -0.39 is 0 Å². The Morgan fingerprint density at radius 2 is 1.86 bits per heavy atom. The molecular weight excluding hydrogens is 170 g/mol. The molecule has 0 aromatic rings. The first-order valence-corrected chi connectivity index (χ1v) is 6.55. The van der Waals surface area contributed by atoms with Crippen molar-refractivity contribution in [1.82, 2.24) is 5.32 Å². The number of rotatable bonds is 5. The molecule has 0 heterocycles. The fourth-order valence-electron chi connectivity index (χ4n) is 3.35. The van der Waals surface area contributed by atoms with Gasteiger partial charge in [-0.3, -0.25) is 0 Å². The third-order valence-corrected chi connectivity index (χ3v) is 4.36. The normalized spacial score (nSPS) is 26.4. The highest BCUT2D eigenvalue weighted by atomic mass is 14.9. The predicted molar refractivity (Wildman–Crippen MR) is 61.4 cm³/mol. The van der Waals surface area contributed by atoms with Crippen LogP contribution in [0.3, 0.4) is 0 Å². The average Bonchev–Trinajstić information content (AvgIpc) is 2.62. The summed E-state index contributed by atoms with van der Waals surface area (Å²) in [7, 11) is 0. The third-order valence-electron chi connectivity index (χ3n) is 4.36. The van der Waals surface area contributed by atoms with Crippen LogP contribution in [-0.4, -0.2) is 13.1 Å². The standard InChI is InChI=1S/C13H25N/c1-2-14-11-13(8-5-9-13)10-12-6-3-4-7-12/h12,14H,2-11H2,1H3. The zero-order chi connectivity index (χ0) is 9.86. The first-order valence-electron chi connectivity index (χ1n) is 6.55. The van der Waals surface area contributed by atoms with Crippen LogP contribution in [0, 0.1) is 11.3 Å². The van der Waals surface area contributed by atoms with E-state index in [2.05, 4.69) is 12.2 Å². The Balaban J connectivity index is 1.78. The smallest absolute Gasteiger partial charge is 0.000779 e. The molecule has 0 atom stereocenters. The lowest BCUT2D eigenvalue weighted by Crippen LogP contribution is -2.41. The molecule has 2 aliphatic rings. The molecule has 1 heteroatoms. The van der Waals surface area contributed by atoms with Gasteiger partial charge in [-0.15, -0.1) is 0 Å². The van der Waals surface area contributed by atoms with Gasteiger partial charge in [0.05, 0.1) is 0 Å². The maximum atomic E-state index is 3.56. The van der Waals surface area contributed by atoms with Crippen LogP contribution in [0.1, 0.15) is 58.3 Å². The van der Waals surface area contributed by atoms with Gasteiger partial charge in [-0.05, 0) is 37.1 Å². The Hall–Kier alpha value is -0.0400. The molecule has 0 amide bonds. The summed E-state index contributed by atoms with van der Waals surface area (Å²) in [6, 6.07) is 0. The van der Waals surface area contributed by atoms with Crippen molar-refractivity contribution in [2.75, 3.05) is 13.1 Å². The molecule has 2 rings (SSSR count). The number of nitrogens with one attached hydrogen (secondary N) is 1. The van der Waals surface area contributed by atoms with Crippen LogP contribution < -0.4 is 5.32 Å². The quantitative estimate of drug-likeness (QED) is 0.709. The van der Waals surface area contributed by atoms with Crippen LogP contribution in [0.2, 0.25) is 0 Å². The van der Waals surface area contributed by atoms with Crippen molar-refractivity contribution in [3.05, 3.63) is 0 Å². The molecule has 1 N–H and O–H groups in total. The van der Waals surface area contributed by atoms with Crippen LogP contribution in [-0.2, 0) is 0 Å². The van der Waals surface area contributed by atoms with Crippen molar-refractivity contribution >= 4 is 0 Å². The molecule has 0 saturated heterocycles. The molecule has 0 spiro atoms. The van der Waals surface area contributed by atoms with Gasteiger partial charge in [-0.2, -0.15) is 0 Å². The molecule has 2 saturated carbocycles. The van der Waals surface area contributed by atoms with Gasteiger partial charge in [-0.25, -0.2) is 0 Å². The van der Waals surface area contributed by atoms with Crippen LogP contribution in [0.4, 0.5) is 0 Å². The van der Waals surface area contributed by atoms with E-state index in [9.17, 15) is 0 Å². The fourth-order valence-corrected chi connectivity index (χ4v) is 3.35. The SMILES string of the molecule is CCNCC1(CC2CCCC2)CCC1. The molecule has 0 aromatic carbocycles. The van der Waals surface area contributed by atoms with Gasteiger partial charge >= 0.3 is 0 Å². The van der Waals surface area contributed by atoms with Crippen LogP contribution in [0.5, 0.6) is 0 Å². The molecule has 82 valence electrons. The van der Waals surface area contributed by atoms with Gasteiger partial charge in [-0.1, -0.05) is 39.0 Å². The molecule has 2 fully saturated rings. The summed E-state index contributed by atoms with van der Waals surface area (Å²) in [5.41, 5.74) is 0.727. The molecule has 0 aromatic heterocycles. The minimum atomic E-state index is 0.727. The summed E-state index contributed by atoms with van der Waals surface area (Å²) in [4.78, 5) is 0. The second kappa shape index (κ2) is 4.65. The third kappa shape index (κ3) is 2.31. The van der Waals surface area contributed by atoms with Gasteiger partial charge in [0.25, 0.3) is 0 Å². The highest BCUT2D eigenvalue weighted by Gasteiger charge is 2.38. The Kier molecular flexibility index (Phi) is 3.48. The summed E-state index contributed by atoms with van der Waals surface area (Å²) in [6.45, 7) is 4.66. The molecular formula is C13H25N. The second-order valence-electron chi connectivity index (χ2n) is 5.49. The second-order valence-corrected chi connectivity index (χ2v) is 5.49. The summed E-state index contributed by atoms with van der Waals surface area (Å²) in [6.07, 6.45) is 12.1.